The molecule has 0 atom stereocenters. The number of hydrogen-bond donors (Lipinski definition) is 2. The molecule has 0 saturated carbocycles. The van der Waals surface area contributed by atoms with Gasteiger partial charge in [0, 0.05) is 41.5 Å². The van der Waals surface area contributed by atoms with Crippen molar-refractivity contribution >= 4 is 18.5 Å². The van der Waals surface area contributed by atoms with Crippen LogP contribution in [0.25, 0.3) is 0 Å². The summed E-state index contributed by atoms with van der Waals surface area (Å²) in [5, 5.41) is 21.2. The van der Waals surface area contributed by atoms with E-state index >= 15 is 0 Å². The van der Waals surface area contributed by atoms with Crippen molar-refractivity contribution in [2.45, 2.75) is 19.3 Å². The zero-order valence-electron chi connectivity index (χ0n) is 16.9. The molecule has 0 unspecified atom stereocenters. The fourth-order valence-electron chi connectivity index (χ4n) is 3.52. The lowest BCUT2D eigenvalue weighted by Crippen LogP contribution is -2.07. The number of hydrogen-bond acceptors (Lipinski definition) is 6. The highest BCUT2D eigenvalue weighted by atomic mass is 16.5. The van der Waals surface area contributed by atoms with Crippen LogP contribution in [-0.4, -0.2) is 35.4 Å². The first-order valence-corrected chi connectivity index (χ1v) is 9.71. The maximum atomic E-state index is 11.3. The monoisotopic (exact) mass is 418 g/mol. The van der Waals surface area contributed by atoms with Crippen LogP contribution in [0.1, 0.15) is 55.8 Å². The molecule has 0 amide bonds. The molecule has 0 heterocycles. The lowest BCUT2D eigenvalue weighted by atomic mass is 9.82. The van der Waals surface area contributed by atoms with Crippen LogP contribution in [0.15, 0.2) is 60.7 Å². The molecule has 0 aliphatic rings. The van der Waals surface area contributed by atoms with Crippen LogP contribution in [-0.2, 0) is 16.0 Å². The first-order chi connectivity index (χ1) is 14.9. The van der Waals surface area contributed by atoms with Gasteiger partial charge in [0.2, 0.25) is 0 Å². The fourth-order valence-corrected chi connectivity index (χ4v) is 3.52. The summed E-state index contributed by atoms with van der Waals surface area (Å²) in [5.41, 5.74) is 3.20. The highest BCUT2D eigenvalue weighted by Gasteiger charge is 2.24. The number of benzene rings is 3. The minimum atomic E-state index is -0.645. The van der Waals surface area contributed by atoms with Crippen LogP contribution in [0.4, 0.5) is 0 Å². The number of ether oxygens (including phenoxy) is 1. The predicted octanol–water partition coefficient (Wildman–Crippen LogP) is 4.01. The average molecular weight is 418 g/mol. The van der Waals surface area contributed by atoms with Crippen LogP contribution >= 0.6 is 0 Å². The fraction of sp³-hybridized carbons (Fsp3) is 0.160. The summed E-state index contributed by atoms with van der Waals surface area (Å²) in [6, 6.07) is 16.4. The van der Waals surface area contributed by atoms with Gasteiger partial charge in [-0.25, -0.2) is 0 Å². The van der Waals surface area contributed by atoms with E-state index in [4.69, 9.17) is 4.74 Å². The van der Waals surface area contributed by atoms with E-state index in [0.717, 1.165) is 11.1 Å². The molecule has 3 aromatic rings. The summed E-state index contributed by atoms with van der Waals surface area (Å²) in [6.45, 7) is 1.57. The van der Waals surface area contributed by atoms with Gasteiger partial charge >= 0.3 is 5.97 Å². The van der Waals surface area contributed by atoms with Crippen LogP contribution in [0.2, 0.25) is 0 Å². The molecule has 0 saturated heterocycles. The van der Waals surface area contributed by atoms with Gasteiger partial charge < -0.3 is 14.9 Å². The highest BCUT2D eigenvalue weighted by Crippen LogP contribution is 2.41. The highest BCUT2D eigenvalue weighted by molar-refractivity contribution is 5.77. The Kier molecular flexibility index (Phi) is 6.82. The first kappa shape index (κ1) is 21.8. The summed E-state index contributed by atoms with van der Waals surface area (Å²) >= 11 is 0. The Morgan fingerprint density at radius 1 is 0.903 bits per heavy atom. The van der Waals surface area contributed by atoms with Crippen molar-refractivity contribution in [1.29, 1.82) is 0 Å². The van der Waals surface area contributed by atoms with E-state index in [1.165, 1.54) is 31.2 Å². The van der Waals surface area contributed by atoms with E-state index in [9.17, 15) is 24.6 Å². The molecule has 0 spiro atoms. The van der Waals surface area contributed by atoms with E-state index < -0.39 is 5.92 Å². The van der Waals surface area contributed by atoms with Gasteiger partial charge in [-0.15, -0.1) is 0 Å². The molecule has 0 aliphatic heterocycles. The average Bonchev–Trinajstić information content (AvgIpc) is 2.76. The summed E-state index contributed by atoms with van der Waals surface area (Å²) < 4.78 is 5.02. The minimum Gasteiger partial charge on any atom is -0.508 e. The van der Waals surface area contributed by atoms with Crippen molar-refractivity contribution in [2.75, 3.05) is 6.61 Å². The van der Waals surface area contributed by atoms with E-state index in [1.54, 1.807) is 12.1 Å². The Balaban J connectivity index is 2.15. The largest absolute Gasteiger partial charge is 0.508 e. The third-order valence-corrected chi connectivity index (χ3v) is 4.98. The van der Waals surface area contributed by atoms with Gasteiger partial charge in [0.05, 0.1) is 6.61 Å². The van der Waals surface area contributed by atoms with Gasteiger partial charge in [-0.1, -0.05) is 24.3 Å². The Morgan fingerprint density at radius 2 is 1.48 bits per heavy atom. The summed E-state index contributed by atoms with van der Waals surface area (Å²) in [7, 11) is 0. The standard InChI is InChI=1S/C25H22O6/c1-16(28)31-10-9-17-3-2-4-20(11-17)25(21-12-18(14-26)5-7-23(21)29)22-13-19(15-27)6-8-24(22)30/h2-8,11-15,25,29-30H,9-10H2,1H3. The molecule has 0 fully saturated rings. The number of carbonyl (C=O) groups excluding carboxylic acids is 3. The zero-order valence-corrected chi connectivity index (χ0v) is 16.9. The summed E-state index contributed by atoms with van der Waals surface area (Å²) in [5.74, 6) is -1.10. The first-order valence-electron chi connectivity index (χ1n) is 9.71. The molecule has 0 radical (unpaired) electrons. The molecule has 6 nitrogen and oxygen atoms in total. The lowest BCUT2D eigenvalue weighted by Gasteiger charge is -2.22. The van der Waals surface area contributed by atoms with Crippen molar-refractivity contribution in [3.8, 4) is 11.5 Å². The van der Waals surface area contributed by atoms with Crippen LogP contribution in [0.5, 0.6) is 11.5 Å². The number of aldehydes is 2. The Bertz CT molecular complexity index is 1060. The molecular formula is C25H22O6. The van der Waals surface area contributed by atoms with Crippen molar-refractivity contribution in [3.63, 3.8) is 0 Å². The summed E-state index contributed by atoms with van der Waals surface area (Å²) in [6.07, 6.45) is 1.84. The number of phenols is 2. The smallest absolute Gasteiger partial charge is 0.302 e. The van der Waals surface area contributed by atoms with Gasteiger partial charge in [-0.05, 0) is 47.5 Å². The van der Waals surface area contributed by atoms with Crippen LogP contribution in [0.3, 0.4) is 0 Å². The molecule has 0 aliphatic carbocycles. The van der Waals surface area contributed by atoms with E-state index in [1.807, 2.05) is 24.3 Å². The second-order valence-electron chi connectivity index (χ2n) is 7.14. The maximum absolute atomic E-state index is 11.3. The van der Waals surface area contributed by atoms with Gasteiger partial charge in [-0.2, -0.15) is 0 Å². The van der Waals surface area contributed by atoms with E-state index in [0.29, 0.717) is 41.2 Å². The Labute approximate surface area is 179 Å². The van der Waals surface area contributed by atoms with Crippen molar-refractivity contribution in [3.05, 3.63) is 94.0 Å². The van der Waals surface area contributed by atoms with Crippen molar-refractivity contribution in [2.24, 2.45) is 0 Å². The Morgan fingerprint density at radius 3 is 2.00 bits per heavy atom. The summed E-state index contributed by atoms with van der Waals surface area (Å²) in [4.78, 5) is 33.7. The second-order valence-corrected chi connectivity index (χ2v) is 7.14. The Hall–Kier alpha value is -3.93. The third kappa shape index (κ3) is 5.17. The molecule has 0 aromatic heterocycles. The molecule has 6 heteroatoms. The van der Waals surface area contributed by atoms with Crippen LogP contribution < -0.4 is 0 Å². The number of phenolic OH excluding ortho intramolecular Hbond substituents is 2. The quantitative estimate of drug-likeness (QED) is 0.326. The SMILES string of the molecule is CC(=O)OCCc1cccc(C(c2cc(C=O)ccc2O)c2cc(C=O)ccc2O)c1. The number of esters is 1. The number of aromatic hydroxyl groups is 2. The topological polar surface area (TPSA) is 101 Å². The molecule has 3 rings (SSSR count). The molecule has 2 N–H and O–H groups in total. The van der Waals surface area contributed by atoms with Crippen LogP contribution in [0, 0.1) is 0 Å². The van der Waals surface area contributed by atoms with Gasteiger partial charge in [0.1, 0.15) is 24.1 Å². The number of rotatable bonds is 8. The van der Waals surface area contributed by atoms with Gasteiger partial charge in [-0.3, -0.25) is 14.4 Å². The molecular weight excluding hydrogens is 396 g/mol. The van der Waals surface area contributed by atoms with Gasteiger partial charge in [0.25, 0.3) is 0 Å². The minimum absolute atomic E-state index is 0.0446. The van der Waals surface area contributed by atoms with Crippen molar-refractivity contribution < 1.29 is 29.3 Å². The number of carbonyl (C=O) groups is 3. The van der Waals surface area contributed by atoms with E-state index in [-0.39, 0.29) is 24.1 Å². The molecule has 3 aromatic carbocycles. The third-order valence-electron chi connectivity index (χ3n) is 4.98. The normalized spacial score (nSPS) is 10.6. The van der Waals surface area contributed by atoms with Crippen molar-refractivity contribution in [1.82, 2.24) is 0 Å². The maximum Gasteiger partial charge on any atom is 0.302 e. The van der Waals surface area contributed by atoms with E-state index in [2.05, 4.69) is 0 Å². The van der Waals surface area contributed by atoms with Gasteiger partial charge in [0.15, 0.2) is 0 Å². The molecule has 31 heavy (non-hydrogen) atoms. The predicted molar refractivity (Wildman–Crippen MR) is 115 cm³/mol. The molecule has 0 bridgehead atoms. The lowest BCUT2D eigenvalue weighted by molar-refractivity contribution is -0.140. The molecule has 158 valence electrons. The zero-order chi connectivity index (χ0) is 22.4. The second kappa shape index (κ2) is 9.71.